The minimum Gasteiger partial charge on any atom is -0.486 e. The first-order valence-electron chi connectivity index (χ1n) is 11.5. The van der Waals surface area contributed by atoms with Gasteiger partial charge < -0.3 is 24.3 Å². The van der Waals surface area contributed by atoms with Crippen LogP contribution in [0.2, 0.25) is 0 Å². The molecule has 3 aromatic rings. The second kappa shape index (κ2) is 10.1. The summed E-state index contributed by atoms with van der Waals surface area (Å²) in [4.78, 5) is 25.8. The molecule has 4 heterocycles. The molecule has 0 unspecified atom stereocenters. The van der Waals surface area contributed by atoms with Crippen molar-refractivity contribution in [1.29, 1.82) is 0 Å². The van der Waals surface area contributed by atoms with E-state index in [1.165, 1.54) is 11.3 Å². The van der Waals surface area contributed by atoms with Crippen LogP contribution in [-0.4, -0.2) is 73.0 Å². The number of rotatable bonds is 7. The van der Waals surface area contributed by atoms with Gasteiger partial charge in [-0.3, -0.25) is 4.90 Å². The molecule has 180 valence electrons. The number of hydrogen-bond donors (Lipinski definition) is 1. The lowest BCUT2D eigenvalue weighted by Crippen LogP contribution is -2.36. The number of nitrogens with zero attached hydrogens (tertiary/aromatic N) is 3. The van der Waals surface area contributed by atoms with Gasteiger partial charge in [-0.05, 0) is 31.5 Å². The maximum Gasteiger partial charge on any atom is 0.348 e. The Labute approximate surface area is 202 Å². The van der Waals surface area contributed by atoms with E-state index in [1.807, 2.05) is 31.2 Å². The smallest absolute Gasteiger partial charge is 0.348 e. The van der Waals surface area contributed by atoms with E-state index in [-0.39, 0.29) is 12.1 Å². The average molecular weight is 485 g/mol. The Bertz CT molecular complexity index is 1180. The molecule has 0 spiro atoms. The molecule has 9 nitrogen and oxygen atoms in total. The van der Waals surface area contributed by atoms with E-state index in [4.69, 9.17) is 28.9 Å². The van der Waals surface area contributed by atoms with Gasteiger partial charge in [0, 0.05) is 13.1 Å². The summed E-state index contributed by atoms with van der Waals surface area (Å²) in [6.45, 7) is 8.70. The number of anilines is 1. The fourth-order valence-electron chi connectivity index (χ4n) is 4.11. The van der Waals surface area contributed by atoms with Crippen LogP contribution in [-0.2, 0) is 16.0 Å². The number of nitrogens with one attached hydrogen (secondary N) is 1. The third-order valence-electron chi connectivity index (χ3n) is 5.83. The van der Waals surface area contributed by atoms with Gasteiger partial charge in [-0.2, -0.15) is 0 Å². The van der Waals surface area contributed by atoms with E-state index >= 15 is 0 Å². The number of thiophene rings is 1. The molecule has 0 bridgehead atoms. The van der Waals surface area contributed by atoms with Crippen LogP contribution in [0.25, 0.3) is 10.2 Å². The SMILES string of the molecule is CCOC(=O)c1sc2nc(CN3CCOCC3)nc(NC[C@@H]3COc4ccccc4O3)c2c1C. The van der Waals surface area contributed by atoms with Crippen molar-refractivity contribution in [2.45, 2.75) is 26.5 Å². The van der Waals surface area contributed by atoms with Crippen molar-refractivity contribution in [1.82, 2.24) is 14.9 Å². The van der Waals surface area contributed by atoms with Gasteiger partial charge in [0.05, 0.1) is 38.3 Å². The third kappa shape index (κ3) is 4.79. The van der Waals surface area contributed by atoms with Crippen molar-refractivity contribution in [2.75, 3.05) is 51.4 Å². The normalized spacial score (nSPS) is 18.1. The molecule has 10 heteroatoms. The zero-order chi connectivity index (χ0) is 23.5. The molecular formula is C24H28N4O5S. The van der Waals surface area contributed by atoms with Crippen molar-refractivity contribution >= 4 is 33.3 Å². The largest absolute Gasteiger partial charge is 0.486 e. The lowest BCUT2D eigenvalue weighted by Gasteiger charge is -2.27. The topological polar surface area (TPSA) is 95.0 Å². The number of aromatic nitrogens is 2. The highest BCUT2D eigenvalue weighted by molar-refractivity contribution is 7.20. The number of aryl methyl sites for hydroxylation is 1. The molecular weight excluding hydrogens is 456 g/mol. The lowest BCUT2D eigenvalue weighted by atomic mass is 10.2. The Morgan fingerprint density at radius 2 is 2.03 bits per heavy atom. The van der Waals surface area contributed by atoms with Crippen LogP contribution >= 0.6 is 11.3 Å². The highest BCUT2D eigenvalue weighted by atomic mass is 32.1. The van der Waals surface area contributed by atoms with Gasteiger partial charge >= 0.3 is 5.97 Å². The number of ether oxygens (including phenoxy) is 4. The number of hydrogen-bond acceptors (Lipinski definition) is 10. The molecule has 0 amide bonds. The first-order chi connectivity index (χ1) is 16.6. The highest BCUT2D eigenvalue weighted by Crippen LogP contribution is 2.35. The van der Waals surface area contributed by atoms with Gasteiger partial charge in [0.15, 0.2) is 11.5 Å². The number of esters is 1. The van der Waals surface area contributed by atoms with Gasteiger partial charge in [0.2, 0.25) is 0 Å². The van der Waals surface area contributed by atoms with Gasteiger partial charge in [-0.15, -0.1) is 11.3 Å². The van der Waals surface area contributed by atoms with Crippen molar-refractivity contribution in [3.05, 3.63) is 40.5 Å². The van der Waals surface area contributed by atoms with Crippen LogP contribution in [0.15, 0.2) is 24.3 Å². The Balaban J connectivity index is 1.42. The summed E-state index contributed by atoms with van der Waals surface area (Å²) >= 11 is 1.35. The molecule has 1 aromatic carbocycles. The van der Waals surface area contributed by atoms with Crippen molar-refractivity contribution in [2.24, 2.45) is 0 Å². The molecule has 2 aliphatic heterocycles. The first kappa shape index (κ1) is 22.8. The van der Waals surface area contributed by atoms with Crippen LogP contribution in [0.4, 0.5) is 5.82 Å². The quantitative estimate of drug-likeness (QED) is 0.507. The third-order valence-corrected chi connectivity index (χ3v) is 7.00. The zero-order valence-electron chi connectivity index (χ0n) is 19.3. The highest BCUT2D eigenvalue weighted by Gasteiger charge is 2.25. The van der Waals surface area contributed by atoms with Gasteiger partial charge in [-0.25, -0.2) is 14.8 Å². The van der Waals surface area contributed by atoms with E-state index in [2.05, 4.69) is 10.2 Å². The van der Waals surface area contributed by atoms with Gasteiger partial charge in [0.1, 0.15) is 34.1 Å². The van der Waals surface area contributed by atoms with Crippen molar-refractivity contribution in [3.8, 4) is 11.5 Å². The van der Waals surface area contributed by atoms with Gasteiger partial charge in [-0.1, -0.05) is 12.1 Å². The molecule has 0 aliphatic carbocycles. The standard InChI is InChI=1S/C24H28N4O5S/c1-3-31-24(29)21-15(2)20-22(25-12-16-14-32-17-6-4-5-7-18(17)33-16)26-19(27-23(20)34-21)13-28-8-10-30-11-9-28/h4-7,16H,3,8-14H2,1-2H3,(H,25,26,27)/t16-/m1/s1. The molecule has 34 heavy (non-hydrogen) atoms. The van der Waals surface area contributed by atoms with Crippen LogP contribution in [0.1, 0.15) is 28.0 Å². The summed E-state index contributed by atoms with van der Waals surface area (Å²) in [5.41, 5.74) is 0.824. The number of para-hydroxylation sites is 2. The summed E-state index contributed by atoms with van der Waals surface area (Å²) in [5, 5.41) is 4.29. The Kier molecular flexibility index (Phi) is 6.80. The summed E-state index contributed by atoms with van der Waals surface area (Å²) in [6.07, 6.45) is -0.175. The minimum absolute atomic E-state index is 0.175. The molecule has 1 N–H and O–H groups in total. The maximum absolute atomic E-state index is 12.5. The van der Waals surface area contributed by atoms with Crippen molar-refractivity contribution in [3.63, 3.8) is 0 Å². The summed E-state index contributed by atoms with van der Waals surface area (Å²) < 4.78 is 22.7. The average Bonchev–Trinajstić information content (AvgIpc) is 3.19. The number of fused-ring (bicyclic) bond motifs is 2. The fourth-order valence-corrected chi connectivity index (χ4v) is 5.20. The summed E-state index contributed by atoms with van der Waals surface area (Å²) in [6, 6.07) is 7.65. The Morgan fingerprint density at radius 1 is 1.24 bits per heavy atom. The maximum atomic E-state index is 12.5. The monoisotopic (exact) mass is 484 g/mol. The van der Waals surface area contributed by atoms with Crippen molar-refractivity contribution < 1.29 is 23.7 Å². The number of benzene rings is 1. The van der Waals surface area contributed by atoms with Crippen LogP contribution in [0, 0.1) is 6.92 Å². The number of carbonyl (C=O) groups is 1. The van der Waals surface area contributed by atoms with E-state index in [1.54, 1.807) is 6.92 Å². The Hall–Kier alpha value is -2.95. The van der Waals surface area contributed by atoms with Crippen LogP contribution < -0.4 is 14.8 Å². The van der Waals surface area contributed by atoms with Crippen LogP contribution in [0.3, 0.4) is 0 Å². The summed E-state index contributed by atoms with van der Waals surface area (Å²) in [5.74, 6) is 2.56. The van der Waals surface area contributed by atoms with Gasteiger partial charge in [0.25, 0.3) is 0 Å². The molecule has 2 aliphatic rings. The summed E-state index contributed by atoms with van der Waals surface area (Å²) in [7, 11) is 0. The van der Waals surface area contributed by atoms with Crippen LogP contribution in [0.5, 0.6) is 11.5 Å². The zero-order valence-corrected chi connectivity index (χ0v) is 20.2. The number of carbonyl (C=O) groups excluding carboxylic acids is 1. The molecule has 1 atom stereocenters. The molecule has 5 rings (SSSR count). The molecule has 1 saturated heterocycles. The second-order valence-electron chi connectivity index (χ2n) is 8.21. The van der Waals surface area contributed by atoms with E-state index in [0.717, 1.165) is 40.4 Å². The number of morpholine rings is 1. The minimum atomic E-state index is -0.329. The van der Waals surface area contributed by atoms with E-state index in [0.29, 0.717) is 56.0 Å². The molecule has 0 saturated carbocycles. The molecule has 1 fully saturated rings. The molecule has 0 radical (unpaired) electrons. The molecule has 2 aromatic heterocycles. The fraction of sp³-hybridized carbons (Fsp3) is 0.458. The predicted octanol–water partition coefficient (Wildman–Crippen LogP) is 3.26. The van der Waals surface area contributed by atoms with E-state index < -0.39 is 0 Å². The Morgan fingerprint density at radius 3 is 2.82 bits per heavy atom. The van der Waals surface area contributed by atoms with E-state index in [9.17, 15) is 4.79 Å². The second-order valence-corrected chi connectivity index (χ2v) is 9.21. The predicted molar refractivity (Wildman–Crippen MR) is 129 cm³/mol. The lowest BCUT2D eigenvalue weighted by molar-refractivity contribution is 0.0331. The first-order valence-corrected chi connectivity index (χ1v) is 12.3.